The van der Waals surface area contributed by atoms with Crippen LogP contribution in [-0.2, 0) is 14.8 Å². The van der Waals surface area contributed by atoms with Crippen molar-refractivity contribution in [3.05, 3.63) is 46.9 Å². The summed E-state index contributed by atoms with van der Waals surface area (Å²) in [5.41, 5.74) is 0.662. The van der Waals surface area contributed by atoms with Gasteiger partial charge in [-0.3, -0.25) is 4.79 Å². The Morgan fingerprint density at radius 2 is 1.74 bits per heavy atom. The van der Waals surface area contributed by atoms with Crippen LogP contribution in [0.2, 0.25) is 0 Å². The van der Waals surface area contributed by atoms with Gasteiger partial charge in [0.25, 0.3) is 0 Å². The van der Waals surface area contributed by atoms with E-state index in [4.69, 9.17) is 9.47 Å². The van der Waals surface area contributed by atoms with Crippen molar-refractivity contribution in [1.29, 1.82) is 0 Å². The SMILES string of the molecule is O=C1C[C@H](NS(=O)(=O)c2ccc(Br)cc2)CN1c1ccc2c(c1)OCCO2. The molecule has 2 heterocycles. The quantitative estimate of drug-likeness (QED) is 0.768. The van der Waals surface area contributed by atoms with Crippen molar-refractivity contribution in [2.45, 2.75) is 17.4 Å². The Balaban J connectivity index is 1.50. The van der Waals surface area contributed by atoms with Crippen molar-refractivity contribution in [3.63, 3.8) is 0 Å². The van der Waals surface area contributed by atoms with Crippen molar-refractivity contribution >= 4 is 37.5 Å². The largest absolute Gasteiger partial charge is 0.486 e. The Morgan fingerprint density at radius 3 is 2.48 bits per heavy atom. The van der Waals surface area contributed by atoms with Gasteiger partial charge in [-0.15, -0.1) is 0 Å². The molecule has 0 aromatic heterocycles. The van der Waals surface area contributed by atoms with E-state index in [1.807, 2.05) is 0 Å². The number of nitrogens with zero attached hydrogens (tertiary/aromatic N) is 1. The molecule has 2 aromatic carbocycles. The van der Waals surface area contributed by atoms with E-state index >= 15 is 0 Å². The van der Waals surface area contributed by atoms with Crippen molar-refractivity contribution in [2.75, 3.05) is 24.7 Å². The molecule has 1 N–H and O–H groups in total. The van der Waals surface area contributed by atoms with Crippen LogP contribution in [0.3, 0.4) is 0 Å². The zero-order chi connectivity index (χ0) is 19.0. The summed E-state index contributed by atoms with van der Waals surface area (Å²) in [4.78, 5) is 14.2. The topological polar surface area (TPSA) is 84.9 Å². The van der Waals surface area contributed by atoms with Gasteiger partial charge in [-0.25, -0.2) is 13.1 Å². The number of hydrogen-bond donors (Lipinski definition) is 1. The molecule has 1 amide bonds. The van der Waals surface area contributed by atoms with Gasteiger partial charge in [-0.2, -0.15) is 0 Å². The molecule has 1 fully saturated rings. The summed E-state index contributed by atoms with van der Waals surface area (Å²) in [6.07, 6.45) is 0.101. The molecule has 0 spiro atoms. The van der Waals surface area contributed by atoms with Gasteiger partial charge in [0.2, 0.25) is 15.9 Å². The molecule has 0 bridgehead atoms. The van der Waals surface area contributed by atoms with Gasteiger partial charge < -0.3 is 14.4 Å². The molecule has 7 nitrogen and oxygen atoms in total. The average molecular weight is 453 g/mol. The number of rotatable bonds is 4. The molecule has 0 saturated carbocycles. The maximum Gasteiger partial charge on any atom is 0.240 e. The summed E-state index contributed by atoms with van der Waals surface area (Å²) in [6, 6.07) is 11.1. The summed E-state index contributed by atoms with van der Waals surface area (Å²) < 4.78 is 39.6. The lowest BCUT2D eigenvalue weighted by molar-refractivity contribution is -0.117. The third-order valence-corrected chi connectivity index (χ3v) is 6.47. The fraction of sp³-hybridized carbons (Fsp3) is 0.278. The predicted molar refractivity (Wildman–Crippen MR) is 103 cm³/mol. The highest BCUT2D eigenvalue weighted by Gasteiger charge is 2.34. The predicted octanol–water partition coefficient (Wildman–Crippen LogP) is 2.30. The minimum Gasteiger partial charge on any atom is -0.486 e. The molecule has 9 heteroatoms. The highest BCUT2D eigenvalue weighted by molar-refractivity contribution is 9.10. The lowest BCUT2D eigenvalue weighted by atomic mass is 10.2. The minimum absolute atomic E-state index is 0.101. The minimum atomic E-state index is -3.70. The van der Waals surface area contributed by atoms with Crippen molar-refractivity contribution < 1.29 is 22.7 Å². The zero-order valence-electron chi connectivity index (χ0n) is 14.2. The van der Waals surface area contributed by atoms with Crippen LogP contribution in [0.25, 0.3) is 0 Å². The third-order valence-electron chi connectivity index (χ3n) is 4.41. The number of fused-ring (bicyclic) bond motifs is 1. The van der Waals surface area contributed by atoms with E-state index in [-0.39, 0.29) is 23.8 Å². The molecular weight excluding hydrogens is 436 g/mol. The van der Waals surface area contributed by atoms with Crippen LogP contribution < -0.4 is 19.1 Å². The summed E-state index contributed by atoms with van der Waals surface area (Å²) in [7, 11) is -3.70. The Labute approximate surface area is 165 Å². The molecule has 1 atom stereocenters. The second-order valence-electron chi connectivity index (χ2n) is 6.31. The molecule has 4 rings (SSSR count). The highest BCUT2D eigenvalue weighted by atomic mass is 79.9. The van der Waals surface area contributed by atoms with Crippen LogP contribution in [0.4, 0.5) is 5.69 Å². The van der Waals surface area contributed by atoms with E-state index in [0.717, 1.165) is 4.47 Å². The molecule has 2 aromatic rings. The maximum absolute atomic E-state index is 12.5. The number of carbonyl (C=O) groups excluding carboxylic acids is 1. The van der Waals surface area contributed by atoms with E-state index in [1.54, 1.807) is 35.2 Å². The first-order valence-electron chi connectivity index (χ1n) is 8.40. The molecule has 0 radical (unpaired) electrons. The van der Waals surface area contributed by atoms with Gasteiger partial charge in [0.1, 0.15) is 13.2 Å². The van der Waals surface area contributed by atoms with E-state index in [0.29, 0.717) is 30.4 Å². The standard InChI is InChI=1S/C18H17BrN2O5S/c19-12-1-4-15(5-2-12)27(23,24)20-13-9-18(22)21(11-13)14-3-6-16-17(10-14)26-8-7-25-16/h1-6,10,13,20H,7-9,11H2/t13-/m0/s1. The molecule has 0 aliphatic carbocycles. The number of sulfonamides is 1. The maximum atomic E-state index is 12.5. The van der Waals surface area contributed by atoms with Gasteiger partial charge in [-0.05, 0) is 36.4 Å². The molecular formula is C18H17BrN2O5S. The monoisotopic (exact) mass is 452 g/mol. The van der Waals surface area contributed by atoms with Crippen molar-refractivity contribution in [3.8, 4) is 11.5 Å². The number of halogens is 1. The van der Waals surface area contributed by atoms with Gasteiger partial charge in [0.05, 0.1) is 4.90 Å². The molecule has 2 aliphatic rings. The Bertz CT molecular complexity index is 978. The number of amides is 1. The molecule has 142 valence electrons. The lowest BCUT2D eigenvalue weighted by Crippen LogP contribution is -2.37. The lowest BCUT2D eigenvalue weighted by Gasteiger charge is -2.22. The third kappa shape index (κ3) is 3.80. The van der Waals surface area contributed by atoms with Crippen LogP contribution in [0.5, 0.6) is 11.5 Å². The first-order valence-corrected chi connectivity index (χ1v) is 10.7. The van der Waals surface area contributed by atoms with Crippen LogP contribution in [0, 0.1) is 0 Å². The number of benzene rings is 2. The summed E-state index contributed by atoms with van der Waals surface area (Å²) in [5, 5.41) is 0. The van der Waals surface area contributed by atoms with Crippen LogP contribution in [0.15, 0.2) is 51.8 Å². The van der Waals surface area contributed by atoms with E-state index in [2.05, 4.69) is 20.7 Å². The fourth-order valence-electron chi connectivity index (χ4n) is 3.14. The average Bonchev–Trinajstić information content (AvgIpc) is 3.01. The number of hydrogen-bond acceptors (Lipinski definition) is 5. The normalized spacial score (nSPS) is 19.4. The van der Waals surface area contributed by atoms with Crippen molar-refractivity contribution in [1.82, 2.24) is 4.72 Å². The van der Waals surface area contributed by atoms with Gasteiger partial charge in [0.15, 0.2) is 11.5 Å². The molecule has 27 heavy (non-hydrogen) atoms. The first-order chi connectivity index (χ1) is 12.9. The Kier molecular flexibility index (Phi) is 4.83. The number of carbonyl (C=O) groups is 1. The number of anilines is 1. The number of nitrogens with one attached hydrogen (secondary N) is 1. The second kappa shape index (κ2) is 7.14. The summed E-state index contributed by atoms with van der Waals surface area (Å²) in [6.45, 7) is 1.21. The molecule has 2 aliphatic heterocycles. The van der Waals surface area contributed by atoms with Gasteiger partial charge in [0, 0.05) is 35.2 Å². The van der Waals surface area contributed by atoms with Gasteiger partial charge in [-0.1, -0.05) is 15.9 Å². The molecule has 1 saturated heterocycles. The Hall–Kier alpha value is -2.10. The second-order valence-corrected chi connectivity index (χ2v) is 8.94. The molecule has 0 unspecified atom stereocenters. The fourth-order valence-corrected chi connectivity index (χ4v) is 4.63. The smallest absolute Gasteiger partial charge is 0.240 e. The van der Waals surface area contributed by atoms with Crippen LogP contribution in [-0.4, -0.2) is 40.1 Å². The Morgan fingerprint density at radius 1 is 1.04 bits per heavy atom. The van der Waals surface area contributed by atoms with E-state index in [9.17, 15) is 13.2 Å². The van der Waals surface area contributed by atoms with E-state index in [1.165, 1.54) is 12.1 Å². The first kappa shape index (κ1) is 18.3. The zero-order valence-corrected chi connectivity index (χ0v) is 16.6. The summed E-state index contributed by atoms with van der Waals surface area (Å²) in [5.74, 6) is 1.09. The van der Waals surface area contributed by atoms with E-state index < -0.39 is 16.1 Å². The van der Waals surface area contributed by atoms with Gasteiger partial charge >= 0.3 is 0 Å². The summed E-state index contributed by atoms with van der Waals surface area (Å²) >= 11 is 3.28. The van der Waals surface area contributed by atoms with Crippen molar-refractivity contribution in [2.24, 2.45) is 0 Å². The number of ether oxygens (including phenoxy) is 2. The van der Waals surface area contributed by atoms with Crippen LogP contribution >= 0.6 is 15.9 Å². The highest BCUT2D eigenvalue weighted by Crippen LogP contribution is 2.35. The van der Waals surface area contributed by atoms with Crippen LogP contribution in [0.1, 0.15) is 6.42 Å².